The smallest absolute Gasteiger partial charge is 0.243 e. The van der Waals surface area contributed by atoms with Gasteiger partial charge in [0, 0.05) is 23.3 Å². The van der Waals surface area contributed by atoms with Crippen molar-refractivity contribution in [3.63, 3.8) is 0 Å². The Morgan fingerprint density at radius 1 is 1.05 bits per heavy atom. The zero-order valence-electron chi connectivity index (χ0n) is 20.0. The van der Waals surface area contributed by atoms with Crippen molar-refractivity contribution in [2.75, 3.05) is 18.4 Å². The highest BCUT2D eigenvalue weighted by molar-refractivity contribution is 7.89. The van der Waals surface area contributed by atoms with E-state index in [-0.39, 0.29) is 28.3 Å². The fraction of sp³-hybridized carbons (Fsp3) is 0.185. The average Bonchev–Trinajstić information content (AvgIpc) is 3.63. The molecule has 4 aromatic rings. The molecule has 1 N–H and O–H groups in total. The fourth-order valence-corrected chi connectivity index (χ4v) is 5.74. The van der Waals surface area contributed by atoms with Gasteiger partial charge < -0.3 is 0 Å². The molecule has 1 aliphatic rings. The maximum absolute atomic E-state index is 13.8. The van der Waals surface area contributed by atoms with Crippen LogP contribution in [0.5, 0.6) is 0 Å². The van der Waals surface area contributed by atoms with E-state index in [4.69, 9.17) is 23.2 Å². The molecule has 0 aliphatic heterocycles. The SMILES string of the molecule is O=C(CN(CC1CC1)S(=O)(=O)c1ccc(Cl)cc1)Nc1nc(-c2ccccc2)cn1-c1ccc(F)c(Cl)c1. The van der Waals surface area contributed by atoms with Gasteiger partial charge in [0.05, 0.1) is 27.8 Å². The first-order valence-corrected chi connectivity index (χ1v) is 14.1. The van der Waals surface area contributed by atoms with E-state index >= 15 is 0 Å². The van der Waals surface area contributed by atoms with E-state index in [1.807, 2.05) is 30.3 Å². The van der Waals surface area contributed by atoms with Crippen LogP contribution in [0.25, 0.3) is 16.9 Å². The van der Waals surface area contributed by atoms with Crippen molar-refractivity contribution in [3.05, 3.63) is 94.9 Å². The van der Waals surface area contributed by atoms with E-state index in [2.05, 4.69) is 10.3 Å². The number of sulfonamides is 1. The van der Waals surface area contributed by atoms with Crippen LogP contribution >= 0.6 is 23.2 Å². The van der Waals surface area contributed by atoms with E-state index in [1.54, 1.807) is 10.8 Å². The first kappa shape index (κ1) is 26.4. The van der Waals surface area contributed by atoms with Crippen molar-refractivity contribution < 1.29 is 17.6 Å². The van der Waals surface area contributed by atoms with Crippen LogP contribution in [0.15, 0.2) is 83.9 Å². The molecular formula is C27H23Cl2FN4O3S. The number of aromatic nitrogens is 2. The van der Waals surface area contributed by atoms with Gasteiger partial charge >= 0.3 is 0 Å². The molecule has 38 heavy (non-hydrogen) atoms. The molecule has 0 atom stereocenters. The molecule has 7 nitrogen and oxygen atoms in total. The number of anilines is 1. The fourth-order valence-electron chi connectivity index (χ4n) is 3.96. The summed E-state index contributed by atoms with van der Waals surface area (Å²) in [5, 5.41) is 3.07. The van der Waals surface area contributed by atoms with Crippen LogP contribution in [-0.4, -0.2) is 41.3 Å². The number of hydrogen-bond acceptors (Lipinski definition) is 4. The van der Waals surface area contributed by atoms with Crippen LogP contribution in [0, 0.1) is 11.7 Å². The predicted octanol–water partition coefficient (Wildman–Crippen LogP) is 6.02. The number of hydrogen-bond donors (Lipinski definition) is 1. The Hall–Kier alpha value is -3.24. The minimum absolute atomic E-state index is 0.0594. The minimum atomic E-state index is -3.94. The van der Waals surface area contributed by atoms with Crippen LogP contribution in [0.1, 0.15) is 12.8 Å². The van der Waals surface area contributed by atoms with Crippen molar-refractivity contribution in [1.82, 2.24) is 13.9 Å². The lowest BCUT2D eigenvalue weighted by Gasteiger charge is -2.22. The van der Waals surface area contributed by atoms with Crippen LogP contribution in [0.4, 0.5) is 10.3 Å². The molecular weight excluding hydrogens is 550 g/mol. The van der Waals surface area contributed by atoms with Gasteiger partial charge in [0.2, 0.25) is 21.9 Å². The molecule has 0 radical (unpaired) electrons. The number of halogens is 3. The summed E-state index contributed by atoms with van der Waals surface area (Å²) in [5.74, 6) is -0.792. The van der Waals surface area contributed by atoms with Crippen molar-refractivity contribution in [2.24, 2.45) is 5.92 Å². The summed E-state index contributed by atoms with van der Waals surface area (Å²) in [5.41, 5.74) is 1.84. The van der Waals surface area contributed by atoms with Crippen LogP contribution in [0.3, 0.4) is 0 Å². The van der Waals surface area contributed by atoms with E-state index in [9.17, 15) is 17.6 Å². The summed E-state index contributed by atoms with van der Waals surface area (Å²) in [6, 6.07) is 19.3. The first-order valence-electron chi connectivity index (χ1n) is 11.9. The van der Waals surface area contributed by atoms with Gasteiger partial charge in [-0.05, 0) is 61.2 Å². The Labute approximate surface area is 229 Å². The minimum Gasteiger partial charge on any atom is -0.294 e. The molecule has 196 valence electrons. The number of carbonyl (C=O) groups excluding carboxylic acids is 1. The number of imidazole rings is 1. The molecule has 0 spiro atoms. The molecule has 11 heteroatoms. The molecule has 0 saturated heterocycles. The van der Waals surface area contributed by atoms with E-state index < -0.39 is 28.3 Å². The maximum atomic E-state index is 13.8. The molecule has 1 saturated carbocycles. The maximum Gasteiger partial charge on any atom is 0.243 e. The number of carbonyl (C=O) groups is 1. The molecule has 1 heterocycles. The molecule has 0 bridgehead atoms. The first-order chi connectivity index (χ1) is 18.2. The van der Waals surface area contributed by atoms with Gasteiger partial charge in [-0.15, -0.1) is 0 Å². The number of nitrogens with one attached hydrogen (secondary N) is 1. The Bertz CT molecular complexity index is 1570. The van der Waals surface area contributed by atoms with Crippen molar-refractivity contribution >= 4 is 45.1 Å². The lowest BCUT2D eigenvalue weighted by Crippen LogP contribution is -2.39. The Balaban J connectivity index is 1.45. The third-order valence-corrected chi connectivity index (χ3v) is 8.51. The monoisotopic (exact) mass is 572 g/mol. The van der Waals surface area contributed by atoms with Gasteiger partial charge in [-0.2, -0.15) is 4.31 Å². The summed E-state index contributed by atoms with van der Waals surface area (Å²) >= 11 is 11.9. The highest BCUT2D eigenvalue weighted by Crippen LogP contribution is 2.32. The molecule has 5 rings (SSSR count). The molecule has 1 amide bonds. The normalized spacial score (nSPS) is 13.6. The van der Waals surface area contributed by atoms with E-state index in [0.717, 1.165) is 18.4 Å². The lowest BCUT2D eigenvalue weighted by molar-refractivity contribution is -0.116. The molecule has 1 aromatic heterocycles. The quantitative estimate of drug-likeness (QED) is 0.265. The largest absolute Gasteiger partial charge is 0.294 e. The van der Waals surface area contributed by atoms with Crippen molar-refractivity contribution in [3.8, 4) is 16.9 Å². The lowest BCUT2D eigenvalue weighted by atomic mass is 10.2. The van der Waals surface area contributed by atoms with Gasteiger partial charge in [-0.3, -0.25) is 14.7 Å². The third kappa shape index (κ3) is 5.91. The molecule has 1 aliphatic carbocycles. The van der Waals surface area contributed by atoms with Crippen LogP contribution in [-0.2, 0) is 14.8 Å². The average molecular weight is 573 g/mol. The second-order valence-corrected chi connectivity index (χ2v) is 11.8. The van der Waals surface area contributed by atoms with E-state index in [0.29, 0.717) is 16.4 Å². The Kier molecular flexibility index (Phi) is 7.54. The topological polar surface area (TPSA) is 84.3 Å². The summed E-state index contributed by atoms with van der Waals surface area (Å²) in [7, 11) is -3.94. The number of nitrogens with zero attached hydrogens (tertiary/aromatic N) is 3. The standard InChI is InChI=1S/C27H23Cl2FN4O3S/c28-20-8-11-22(12-9-20)38(36,37)33(15-18-6-7-18)17-26(35)32-27-31-25(19-4-2-1-3-5-19)16-34(27)21-10-13-24(30)23(29)14-21/h1-5,8-14,16,18H,6-7,15,17H2,(H,31,32,35). The number of rotatable bonds is 9. The van der Waals surface area contributed by atoms with Gasteiger partial charge in [-0.25, -0.2) is 17.8 Å². The molecule has 1 fully saturated rings. The Morgan fingerprint density at radius 2 is 1.76 bits per heavy atom. The van der Waals surface area contributed by atoms with E-state index in [1.165, 1.54) is 46.8 Å². The van der Waals surface area contributed by atoms with Gasteiger partial charge in [0.1, 0.15) is 5.82 Å². The predicted molar refractivity (Wildman–Crippen MR) is 146 cm³/mol. The van der Waals surface area contributed by atoms with Gasteiger partial charge in [-0.1, -0.05) is 53.5 Å². The summed E-state index contributed by atoms with van der Waals surface area (Å²) < 4.78 is 43.3. The highest BCUT2D eigenvalue weighted by Gasteiger charge is 2.33. The van der Waals surface area contributed by atoms with Crippen molar-refractivity contribution in [2.45, 2.75) is 17.7 Å². The highest BCUT2D eigenvalue weighted by atomic mass is 35.5. The van der Waals surface area contributed by atoms with Crippen molar-refractivity contribution in [1.29, 1.82) is 0 Å². The second kappa shape index (κ2) is 10.9. The van der Waals surface area contributed by atoms with Gasteiger partial charge in [0.25, 0.3) is 0 Å². The van der Waals surface area contributed by atoms with Crippen LogP contribution < -0.4 is 5.32 Å². The molecule has 3 aromatic carbocycles. The number of benzene rings is 3. The summed E-state index contributed by atoms with van der Waals surface area (Å²) in [6.07, 6.45) is 3.51. The third-order valence-electron chi connectivity index (χ3n) is 6.14. The Morgan fingerprint density at radius 3 is 2.42 bits per heavy atom. The zero-order chi connectivity index (χ0) is 26.9. The second-order valence-electron chi connectivity index (χ2n) is 9.03. The number of amides is 1. The summed E-state index contributed by atoms with van der Waals surface area (Å²) in [6.45, 7) is -0.172. The van der Waals surface area contributed by atoms with Crippen LogP contribution in [0.2, 0.25) is 10.0 Å². The van der Waals surface area contributed by atoms with Gasteiger partial charge in [0.15, 0.2) is 0 Å². The zero-order valence-corrected chi connectivity index (χ0v) is 22.3. The molecule has 0 unspecified atom stereocenters. The summed E-state index contributed by atoms with van der Waals surface area (Å²) in [4.78, 5) is 17.9.